The van der Waals surface area contributed by atoms with Gasteiger partial charge in [0.15, 0.2) is 6.23 Å². The Balaban J connectivity index is 1.10. The fraction of sp³-hybridized carbons (Fsp3) is 0.114. The summed E-state index contributed by atoms with van der Waals surface area (Å²) in [6.07, 6.45) is 1.87. The third-order valence-corrected chi connectivity index (χ3v) is 11.1. The fourth-order valence-electron chi connectivity index (χ4n) is 9.17. The highest BCUT2D eigenvalue weighted by Crippen LogP contribution is 2.61. The molecule has 0 fully saturated rings. The second-order valence-electron chi connectivity index (χ2n) is 13.9. The Morgan fingerprint density at radius 1 is 0.667 bits per heavy atom. The highest BCUT2D eigenvalue weighted by Gasteiger charge is 2.51. The van der Waals surface area contributed by atoms with Gasteiger partial charge in [0, 0.05) is 33.3 Å². The minimum atomic E-state index is -0.152. The maximum atomic E-state index is 6.86. The average Bonchev–Trinajstić information content (AvgIpc) is 3.83. The topological polar surface area (TPSA) is 29.8 Å². The summed E-state index contributed by atoms with van der Waals surface area (Å²) >= 11 is 0. The first-order valence-electron chi connectivity index (χ1n) is 16.8. The second kappa shape index (κ2) is 9.14. The molecular formula is C44H31N3O. The summed E-state index contributed by atoms with van der Waals surface area (Å²) < 4.78 is 9.21. The molecule has 0 amide bonds. The standard InChI is InChI=1S/C44H31N3O/c1-44(2)32-14-6-3-11-28(32)29-23-24-36-41(42(29)44)40-31-13-5-10-18-38(31)48-43(40)46(36)27-21-19-26(20-22-27)39-30-12-4-8-16-34(30)47-35-17-9-7-15-33(35)45-25-37(39)47/h3-25,40,43H,1-2H3. The van der Waals surface area contributed by atoms with Crippen molar-refractivity contribution in [3.8, 4) is 28.0 Å². The molecule has 0 saturated carbocycles. The van der Waals surface area contributed by atoms with Crippen LogP contribution in [0.3, 0.4) is 0 Å². The Morgan fingerprint density at radius 2 is 1.42 bits per heavy atom. The summed E-state index contributed by atoms with van der Waals surface area (Å²) in [4.78, 5) is 7.30. The van der Waals surface area contributed by atoms with E-state index in [-0.39, 0.29) is 17.6 Å². The second-order valence-corrected chi connectivity index (χ2v) is 13.9. The van der Waals surface area contributed by atoms with Crippen molar-refractivity contribution < 1.29 is 4.74 Å². The Morgan fingerprint density at radius 3 is 2.31 bits per heavy atom. The van der Waals surface area contributed by atoms with Crippen LogP contribution in [0.4, 0.5) is 11.4 Å². The smallest absolute Gasteiger partial charge is 0.187 e. The van der Waals surface area contributed by atoms with Gasteiger partial charge >= 0.3 is 0 Å². The van der Waals surface area contributed by atoms with E-state index in [9.17, 15) is 0 Å². The number of hydrogen-bond donors (Lipinski definition) is 0. The molecule has 0 radical (unpaired) electrons. The molecule has 0 saturated heterocycles. The van der Waals surface area contributed by atoms with Crippen molar-refractivity contribution in [2.75, 3.05) is 4.90 Å². The third-order valence-electron chi connectivity index (χ3n) is 11.1. The van der Waals surface area contributed by atoms with Crippen molar-refractivity contribution in [1.82, 2.24) is 9.38 Å². The van der Waals surface area contributed by atoms with Crippen molar-refractivity contribution in [3.05, 3.63) is 162 Å². The van der Waals surface area contributed by atoms with E-state index < -0.39 is 0 Å². The number of rotatable bonds is 2. The van der Waals surface area contributed by atoms with Crippen LogP contribution in [0.1, 0.15) is 42.0 Å². The molecule has 3 aliphatic rings. The van der Waals surface area contributed by atoms with Crippen LogP contribution >= 0.6 is 0 Å². The van der Waals surface area contributed by atoms with E-state index in [2.05, 4.69) is 151 Å². The van der Waals surface area contributed by atoms with Crippen LogP contribution in [0, 0.1) is 0 Å². The van der Waals surface area contributed by atoms with E-state index in [1.54, 1.807) is 0 Å². The maximum Gasteiger partial charge on any atom is 0.187 e. The molecule has 4 heterocycles. The van der Waals surface area contributed by atoms with Crippen molar-refractivity contribution in [2.45, 2.75) is 31.4 Å². The first-order valence-corrected chi connectivity index (χ1v) is 16.8. The molecule has 48 heavy (non-hydrogen) atoms. The maximum absolute atomic E-state index is 6.86. The summed E-state index contributed by atoms with van der Waals surface area (Å²) in [5, 5.41) is 1.22. The van der Waals surface area contributed by atoms with Crippen molar-refractivity contribution in [2.24, 2.45) is 0 Å². The first kappa shape index (κ1) is 26.2. The van der Waals surface area contributed by atoms with Crippen molar-refractivity contribution in [1.29, 1.82) is 0 Å². The van der Waals surface area contributed by atoms with Gasteiger partial charge in [-0.2, -0.15) is 0 Å². The number of para-hydroxylation sites is 4. The summed E-state index contributed by atoms with van der Waals surface area (Å²) in [6.45, 7) is 4.77. The van der Waals surface area contributed by atoms with Gasteiger partial charge in [0.05, 0.1) is 34.2 Å². The Bertz CT molecular complexity index is 2650. The molecule has 2 aromatic heterocycles. The number of nitrogens with zero attached hydrogens (tertiary/aromatic N) is 3. The molecule has 228 valence electrons. The van der Waals surface area contributed by atoms with Crippen LogP contribution in [-0.4, -0.2) is 15.6 Å². The van der Waals surface area contributed by atoms with Crippen LogP contribution in [0.2, 0.25) is 0 Å². The number of benzene rings is 6. The summed E-state index contributed by atoms with van der Waals surface area (Å²) in [5.41, 5.74) is 17.2. The molecule has 2 aliphatic heterocycles. The van der Waals surface area contributed by atoms with Crippen molar-refractivity contribution in [3.63, 3.8) is 0 Å². The van der Waals surface area contributed by atoms with E-state index in [1.165, 1.54) is 61.1 Å². The lowest BCUT2D eigenvalue weighted by Crippen LogP contribution is -2.32. The highest BCUT2D eigenvalue weighted by atomic mass is 16.5. The lowest BCUT2D eigenvalue weighted by atomic mass is 9.76. The van der Waals surface area contributed by atoms with Gasteiger partial charge in [-0.05, 0) is 75.8 Å². The molecule has 2 unspecified atom stereocenters. The predicted molar refractivity (Wildman–Crippen MR) is 194 cm³/mol. The van der Waals surface area contributed by atoms with Crippen LogP contribution in [-0.2, 0) is 5.41 Å². The summed E-state index contributed by atoms with van der Waals surface area (Å²) in [5.74, 6) is 1.11. The predicted octanol–water partition coefficient (Wildman–Crippen LogP) is 10.6. The van der Waals surface area contributed by atoms with Gasteiger partial charge in [0.1, 0.15) is 5.75 Å². The molecule has 11 rings (SSSR count). The molecular weight excluding hydrogens is 587 g/mol. The molecule has 0 N–H and O–H groups in total. The van der Waals surface area contributed by atoms with E-state index >= 15 is 0 Å². The molecule has 0 bridgehead atoms. The lowest BCUT2D eigenvalue weighted by molar-refractivity contribution is 0.234. The molecule has 4 heteroatoms. The zero-order valence-corrected chi connectivity index (χ0v) is 26.7. The fourth-order valence-corrected chi connectivity index (χ4v) is 9.17. The van der Waals surface area contributed by atoms with Gasteiger partial charge in [0.25, 0.3) is 0 Å². The quantitative estimate of drug-likeness (QED) is 0.193. The number of ether oxygens (including phenoxy) is 1. The SMILES string of the molecule is CC1(C)c2ccccc2-c2ccc3c(c21)C1c2ccccc2OC1N3c1ccc(-c2c3ccccc3n3c2cnc2ccccc23)cc1. The number of anilines is 2. The lowest BCUT2D eigenvalue weighted by Gasteiger charge is -2.27. The number of hydrogen-bond acceptors (Lipinski definition) is 3. The minimum Gasteiger partial charge on any atom is -0.469 e. The minimum absolute atomic E-state index is 0.116. The molecule has 4 nitrogen and oxygen atoms in total. The third kappa shape index (κ3) is 3.22. The van der Waals surface area contributed by atoms with E-state index in [4.69, 9.17) is 9.72 Å². The van der Waals surface area contributed by atoms with Crippen LogP contribution in [0.25, 0.3) is 49.7 Å². The summed E-state index contributed by atoms with van der Waals surface area (Å²) in [6, 6.07) is 48.4. The van der Waals surface area contributed by atoms with Gasteiger partial charge in [-0.3, -0.25) is 4.98 Å². The monoisotopic (exact) mass is 617 g/mol. The van der Waals surface area contributed by atoms with Gasteiger partial charge in [-0.15, -0.1) is 0 Å². The van der Waals surface area contributed by atoms with Gasteiger partial charge in [-0.25, -0.2) is 0 Å². The Kier molecular flexibility index (Phi) is 4.99. The molecule has 0 spiro atoms. The molecule has 2 atom stereocenters. The number of fused-ring (bicyclic) bond motifs is 14. The van der Waals surface area contributed by atoms with Crippen LogP contribution in [0.15, 0.2) is 140 Å². The number of aromatic nitrogens is 2. The van der Waals surface area contributed by atoms with Gasteiger partial charge in [-0.1, -0.05) is 105 Å². The van der Waals surface area contributed by atoms with Crippen molar-refractivity contribution >= 4 is 38.8 Å². The van der Waals surface area contributed by atoms with Crippen LogP contribution < -0.4 is 9.64 Å². The molecule has 8 aromatic rings. The Hall–Kier alpha value is -5.87. The van der Waals surface area contributed by atoms with E-state index in [0.717, 1.165) is 28.0 Å². The molecule has 6 aromatic carbocycles. The average molecular weight is 618 g/mol. The normalized spacial score (nSPS) is 18.1. The first-order chi connectivity index (χ1) is 23.6. The van der Waals surface area contributed by atoms with Gasteiger partial charge in [0.2, 0.25) is 0 Å². The molecule has 1 aliphatic carbocycles. The highest BCUT2D eigenvalue weighted by molar-refractivity contribution is 6.08. The Labute approximate surface area is 278 Å². The van der Waals surface area contributed by atoms with Crippen LogP contribution in [0.5, 0.6) is 5.75 Å². The van der Waals surface area contributed by atoms with E-state index in [0.29, 0.717) is 0 Å². The summed E-state index contributed by atoms with van der Waals surface area (Å²) in [7, 11) is 0. The van der Waals surface area contributed by atoms with E-state index in [1.807, 2.05) is 12.3 Å². The largest absolute Gasteiger partial charge is 0.469 e. The zero-order chi connectivity index (χ0) is 31.7. The zero-order valence-electron chi connectivity index (χ0n) is 26.7. The van der Waals surface area contributed by atoms with Gasteiger partial charge < -0.3 is 14.0 Å².